The maximum absolute atomic E-state index is 11.7. The second-order valence-corrected chi connectivity index (χ2v) is 5.82. The Morgan fingerprint density at radius 3 is 2.29 bits per heavy atom. The fraction of sp³-hybridized carbons (Fsp3) is 0.400. The molecule has 1 aromatic carbocycles. The molecule has 0 aliphatic carbocycles. The first kappa shape index (κ1) is 16.7. The molecule has 3 N–H and O–H groups in total. The van der Waals surface area contributed by atoms with E-state index in [4.69, 9.17) is 5.11 Å². The smallest absolute Gasteiger partial charge is 0.335 e. The fourth-order valence-corrected chi connectivity index (χ4v) is 1.61. The molecule has 0 unspecified atom stereocenters. The Hall–Kier alpha value is -2.37. The molecule has 0 aromatic heterocycles. The van der Waals surface area contributed by atoms with Crippen LogP contribution in [0, 0.1) is 12.3 Å². The molecule has 6 heteroatoms. The van der Waals surface area contributed by atoms with Crippen LogP contribution in [-0.4, -0.2) is 29.4 Å². The summed E-state index contributed by atoms with van der Waals surface area (Å²) in [7, 11) is 0. The maximum Gasteiger partial charge on any atom is 0.335 e. The second-order valence-electron chi connectivity index (χ2n) is 5.82. The highest BCUT2D eigenvalue weighted by Crippen LogP contribution is 2.15. The molecule has 1 aromatic rings. The highest BCUT2D eigenvalue weighted by Gasteiger charge is 2.21. The largest absolute Gasteiger partial charge is 0.478 e. The summed E-state index contributed by atoms with van der Waals surface area (Å²) in [6, 6.07) is 4.52. The summed E-state index contributed by atoms with van der Waals surface area (Å²) in [6.45, 7) is 6.80. The van der Waals surface area contributed by atoms with Crippen LogP contribution in [-0.2, 0) is 9.59 Å². The maximum atomic E-state index is 11.7. The van der Waals surface area contributed by atoms with Gasteiger partial charge in [-0.2, -0.15) is 0 Å². The van der Waals surface area contributed by atoms with Crippen molar-refractivity contribution in [3.8, 4) is 0 Å². The van der Waals surface area contributed by atoms with Crippen molar-refractivity contribution in [1.29, 1.82) is 0 Å². The summed E-state index contributed by atoms with van der Waals surface area (Å²) in [5.41, 5.74) is 0.681. The third-order valence-corrected chi connectivity index (χ3v) is 2.83. The molecule has 0 heterocycles. The number of nitrogens with one attached hydrogen (secondary N) is 2. The predicted molar refractivity (Wildman–Crippen MR) is 79.2 cm³/mol. The van der Waals surface area contributed by atoms with Gasteiger partial charge in [0, 0.05) is 11.1 Å². The number of aromatic carboxylic acids is 1. The minimum absolute atomic E-state index is 0.129. The molecule has 0 radical (unpaired) electrons. The van der Waals surface area contributed by atoms with Crippen molar-refractivity contribution < 1.29 is 19.5 Å². The lowest BCUT2D eigenvalue weighted by Gasteiger charge is -2.17. The molecule has 0 spiro atoms. The molecule has 0 saturated carbocycles. The van der Waals surface area contributed by atoms with Crippen molar-refractivity contribution in [2.75, 3.05) is 11.9 Å². The van der Waals surface area contributed by atoms with Crippen molar-refractivity contribution >= 4 is 23.5 Å². The topological polar surface area (TPSA) is 95.5 Å². The molecule has 0 bridgehead atoms. The van der Waals surface area contributed by atoms with E-state index in [0.29, 0.717) is 11.3 Å². The van der Waals surface area contributed by atoms with Gasteiger partial charge in [-0.3, -0.25) is 9.59 Å². The molecule has 0 atom stereocenters. The Morgan fingerprint density at radius 2 is 1.81 bits per heavy atom. The number of carbonyl (C=O) groups excluding carboxylic acids is 2. The molecule has 2 amide bonds. The van der Waals surface area contributed by atoms with Gasteiger partial charge in [-0.1, -0.05) is 20.8 Å². The molecule has 1 rings (SSSR count). The van der Waals surface area contributed by atoms with Gasteiger partial charge in [-0.15, -0.1) is 0 Å². The second kappa shape index (κ2) is 6.39. The zero-order chi connectivity index (χ0) is 16.2. The zero-order valence-corrected chi connectivity index (χ0v) is 12.6. The number of anilines is 1. The van der Waals surface area contributed by atoms with Gasteiger partial charge in [-0.25, -0.2) is 4.79 Å². The van der Waals surface area contributed by atoms with E-state index in [-0.39, 0.29) is 23.9 Å². The third-order valence-electron chi connectivity index (χ3n) is 2.83. The van der Waals surface area contributed by atoms with E-state index in [1.807, 2.05) is 0 Å². The fourth-order valence-electron chi connectivity index (χ4n) is 1.61. The molecule has 0 saturated heterocycles. The Kier molecular flexibility index (Phi) is 5.07. The Bertz CT molecular complexity index is 574. The van der Waals surface area contributed by atoms with E-state index < -0.39 is 11.4 Å². The van der Waals surface area contributed by atoms with E-state index in [0.717, 1.165) is 0 Å². The van der Waals surface area contributed by atoms with Crippen LogP contribution in [0.25, 0.3) is 0 Å². The zero-order valence-electron chi connectivity index (χ0n) is 12.6. The van der Waals surface area contributed by atoms with Crippen LogP contribution >= 0.6 is 0 Å². The van der Waals surface area contributed by atoms with E-state index in [9.17, 15) is 14.4 Å². The monoisotopic (exact) mass is 292 g/mol. The summed E-state index contributed by atoms with van der Waals surface area (Å²) < 4.78 is 0. The van der Waals surface area contributed by atoms with Crippen LogP contribution in [0.4, 0.5) is 5.69 Å². The van der Waals surface area contributed by atoms with Gasteiger partial charge in [0.25, 0.3) is 0 Å². The summed E-state index contributed by atoms with van der Waals surface area (Å²) in [6.07, 6.45) is 0. The van der Waals surface area contributed by atoms with Crippen LogP contribution in [0.2, 0.25) is 0 Å². The minimum Gasteiger partial charge on any atom is -0.478 e. The molecular formula is C15H20N2O4. The quantitative estimate of drug-likeness (QED) is 0.788. The lowest BCUT2D eigenvalue weighted by atomic mass is 9.96. The van der Waals surface area contributed by atoms with E-state index >= 15 is 0 Å². The number of amides is 2. The number of carboxylic acids is 1. The molecule has 21 heavy (non-hydrogen) atoms. The minimum atomic E-state index is -1.01. The van der Waals surface area contributed by atoms with Crippen molar-refractivity contribution in [2.45, 2.75) is 27.7 Å². The molecule has 0 fully saturated rings. The summed E-state index contributed by atoms with van der Waals surface area (Å²) in [4.78, 5) is 34.3. The number of hydrogen-bond donors (Lipinski definition) is 3. The normalized spacial score (nSPS) is 10.9. The Labute approximate surface area is 123 Å². The van der Waals surface area contributed by atoms with Crippen molar-refractivity contribution in [3.05, 3.63) is 29.3 Å². The van der Waals surface area contributed by atoms with Crippen LogP contribution in [0.15, 0.2) is 18.2 Å². The van der Waals surface area contributed by atoms with Gasteiger partial charge >= 0.3 is 5.97 Å². The number of benzene rings is 1. The van der Waals surface area contributed by atoms with Gasteiger partial charge in [0.1, 0.15) is 0 Å². The predicted octanol–water partition coefficient (Wildman–Crippen LogP) is 1.79. The Balaban J connectivity index is 2.62. The molecule has 0 aliphatic heterocycles. The van der Waals surface area contributed by atoms with E-state index in [1.165, 1.54) is 12.1 Å². The summed E-state index contributed by atoms with van der Waals surface area (Å²) >= 11 is 0. The number of hydrogen-bond acceptors (Lipinski definition) is 3. The molecular weight excluding hydrogens is 272 g/mol. The highest BCUT2D eigenvalue weighted by atomic mass is 16.4. The molecule has 114 valence electrons. The number of aryl methyl sites for hydroxylation is 1. The first-order chi connectivity index (χ1) is 9.61. The first-order valence-electron chi connectivity index (χ1n) is 6.53. The standard InChI is InChI=1S/C15H20N2O4/c1-9-7-10(5-6-11(9)13(19)20)17-12(18)8-16-14(21)15(2,3)4/h5-7H,8H2,1-4H3,(H,16,21)(H,17,18)(H,19,20). The number of rotatable bonds is 4. The third kappa shape index (κ3) is 4.91. The van der Waals surface area contributed by atoms with Gasteiger partial charge in [0.05, 0.1) is 12.1 Å². The average Bonchev–Trinajstić information content (AvgIpc) is 2.34. The van der Waals surface area contributed by atoms with E-state index in [2.05, 4.69) is 10.6 Å². The van der Waals surface area contributed by atoms with Gasteiger partial charge < -0.3 is 15.7 Å². The molecule has 6 nitrogen and oxygen atoms in total. The number of carbonyl (C=O) groups is 3. The van der Waals surface area contributed by atoms with Gasteiger partial charge in [0.2, 0.25) is 11.8 Å². The lowest BCUT2D eigenvalue weighted by Crippen LogP contribution is -2.39. The van der Waals surface area contributed by atoms with E-state index in [1.54, 1.807) is 33.8 Å². The molecule has 0 aliphatic rings. The average molecular weight is 292 g/mol. The SMILES string of the molecule is Cc1cc(NC(=O)CNC(=O)C(C)(C)C)ccc1C(=O)O. The first-order valence-corrected chi connectivity index (χ1v) is 6.53. The van der Waals surface area contributed by atoms with Crippen molar-refractivity contribution in [1.82, 2.24) is 5.32 Å². The van der Waals surface area contributed by atoms with Crippen LogP contribution in [0.1, 0.15) is 36.7 Å². The summed E-state index contributed by atoms with van der Waals surface area (Å²) in [5, 5.41) is 14.1. The van der Waals surface area contributed by atoms with Crippen LogP contribution < -0.4 is 10.6 Å². The Morgan fingerprint density at radius 1 is 1.19 bits per heavy atom. The highest BCUT2D eigenvalue weighted by molar-refractivity contribution is 5.96. The van der Waals surface area contributed by atoms with Crippen molar-refractivity contribution in [2.24, 2.45) is 5.41 Å². The lowest BCUT2D eigenvalue weighted by molar-refractivity contribution is -0.130. The summed E-state index contributed by atoms with van der Waals surface area (Å²) in [5.74, 6) is -1.59. The van der Waals surface area contributed by atoms with Crippen molar-refractivity contribution in [3.63, 3.8) is 0 Å². The van der Waals surface area contributed by atoms with Crippen LogP contribution in [0.5, 0.6) is 0 Å². The van der Waals surface area contributed by atoms with Gasteiger partial charge in [-0.05, 0) is 30.7 Å². The van der Waals surface area contributed by atoms with Crippen LogP contribution in [0.3, 0.4) is 0 Å². The number of carboxylic acid groups (broad SMARTS) is 1. The van der Waals surface area contributed by atoms with Gasteiger partial charge in [0.15, 0.2) is 0 Å².